The summed E-state index contributed by atoms with van der Waals surface area (Å²) >= 11 is 0. The fourth-order valence-corrected chi connectivity index (χ4v) is 4.49. The van der Waals surface area contributed by atoms with Gasteiger partial charge in [-0.05, 0) is 60.7 Å². The zero-order valence-electron chi connectivity index (χ0n) is 18.7. The van der Waals surface area contributed by atoms with Gasteiger partial charge in [-0.15, -0.1) is 0 Å². The Hall–Kier alpha value is -3.79. The first-order chi connectivity index (χ1) is 16.3. The van der Waals surface area contributed by atoms with Gasteiger partial charge in [0.15, 0.2) is 11.5 Å². The van der Waals surface area contributed by atoms with Crippen LogP contribution in [0.3, 0.4) is 0 Å². The van der Waals surface area contributed by atoms with Crippen molar-refractivity contribution in [3.05, 3.63) is 78.6 Å². The first kappa shape index (κ1) is 24.8. The Labute approximate surface area is 197 Å². The number of halogens is 1. The third-order valence-corrected chi connectivity index (χ3v) is 6.59. The highest BCUT2D eigenvalue weighted by Gasteiger charge is 2.27. The smallest absolute Gasteiger partial charge is 0.264 e. The second kappa shape index (κ2) is 11.4. The first-order valence-corrected chi connectivity index (χ1v) is 11.7. The van der Waals surface area contributed by atoms with Crippen LogP contribution in [0, 0.1) is 5.82 Å². The van der Waals surface area contributed by atoms with Crippen molar-refractivity contribution in [3.63, 3.8) is 0 Å². The van der Waals surface area contributed by atoms with Gasteiger partial charge in [0.2, 0.25) is 5.91 Å². The first-order valence-electron chi connectivity index (χ1n) is 10.3. The number of ether oxygens (including phenoxy) is 3. The molecule has 0 aliphatic heterocycles. The topological polar surface area (TPSA) is 94.2 Å². The molecule has 0 heterocycles. The summed E-state index contributed by atoms with van der Waals surface area (Å²) in [6, 6.07) is 17.7. The van der Waals surface area contributed by atoms with Gasteiger partial charge in [0, 0.05) is 0 Å². The van der Waals surface area contributed by atoms with E-state index in [1.807, 2.05) is 0 Å². The molecule has 3 aromatic rings. The predicted octanol–water partition coefficient (Wildman–Crippen LogP) is 3.23. The number of hydrogen-bond acceptors (Lipinski definition) is 6. The Morgan fingerprint density at radius 3 is 2.18 bits per heavy atom. The third kappa shape index (κ3) is 6.16. The van der Waals surface area contributed by atoms with E-state index in [9.17, 15) is 17.6 Å². The van der Waals surface area contributed by atoms with Crippen LogP contribution in [0.4, 0.5) is 10.1 Å². The van der Waals surface area contributed by atoms with Crippen LogP contribution < -0.4 is 23.8 Å². The standard InChI is InChI=1S/C24H25FN2O6S/c1-31-20-11-13-21(14-12-20)34(29,30)27(19-9-7-18(25)8-10-19)17-24(28)26-15-16-33-23-6-4-3-5-22(23)32-2/h3-14H,15-17H2,1-2H3,(H,26,28). The Bertz CT molecular complexity index is 1200. The fourth-order valence-electron chi connectivity index (χ4n) is 3.07. The molecule has 0 radical (unpaired) electrons. The number of nitrogens with one attached hydrogen (secondary N) is 1. The van der Waals surface area contributed by atoms with E-state index >= 15 is 0 Å². The van der Waals surface area contributed by atoms with Crippen LogP contribution in [-0.4, -0.2) is 48.2 Å². The minimum atomic E-state index is -4.12. The lowest BCUT2D eigenvalue weighted by Gasteiger charge is -2.24. The largest absolute Gasteiger partial charge is 0.497 e. The normalized spacial score (nSPS) is 10.9. The summed E-state index contributed by atoms with van der Waals surface area (Å²) < 4.78 is 56.9. The summed E-state index contributed by atoms with van der Waals surface area (Å²) in [5.74, 6) is 0.491. The van der Waals surface area contributed by atoms with Crippen molar-refractivity contribution < 1.29 is 31.8 Å². The molecule has 0 aliphatic carbocycles. The van der Waals surface area contributed by atoms with Crippen LogP contribution >= 0.6 is 0 Å². The van der Waals surface area contributed by atoms with Gasteiger partial charge < -0.3 is 19.5 Å². The molecule has 0 fully saturated rings. The van der Waals surface area contributed by atoms with E-state index in [1.165, 1.54) is 50.6 Å². The summed E-state index contributed by atoms with van der Waals surface area (Å²) in [6.45, 7) is -0.223. The summed E-state index contributed by atoms with van der Waals surface area (Å²) in [4.78, 5) is 12.6. The van der Waals surface area contributed by atoms with Crippen molar-refractivity contribution in [3.8, 4) is 17.2 Å². The van der Waals surface area contributed by atoms with Crippen LogP contribution in [0.5, 0.6) is 17.2 Å². The zero-order valence-corrected chi connectivity index (χ0v) is 19.5. The van der Waals surface area contributed by atoms with Gasteiger partial charge in [-0.25, -0.2) is 12.8 Å². The summed E-state index contributed by atoms with van der Waals surface area (Å²) in [5.41, 5.74) is 0.151. The predicted molar refractivity (Wildman–Crippen MR) is 125 cm³/mol. The molecule has 0 saturated heterocycles. The summed E-state index contributed by atoms with van der Waals surface area (Å²) in [6.07, 6.45) is 0. The van der Waals surface area contributed by atoms with Gasteiger partial charge >= 0.3 is 0 Å². The molecule has 3 aromatic carbocycles. The highest BCUT2D eigenvalue weighted by atomic mass is 32.2. The Morgan fingerprint density at radius 2 is 1.56 bits per heavy atom. The number of anilines is 1. The van der Waals surface area contributed by atoms with Gasteiger partial charge in [0.1, 0.15) is 24.7 Å². The number of amides is 1. The molecule has 0 atom stereocenters. The van der Waals surface area contributed by atoms with Crippen molar-refractivity contribution >= 4 is 21.6 Å². The number of para-hydroxylation sites is 2. The second-order valence-corrected chi connectivity index (χ2v) is 8.88. The molecular formula is C24H25FN2O6S. The Balaban J connectivity index is 1.71. The highest BCUT2D eigenvalue weighted by Crippen LogP contribution is 2.26. The molecule has 0 saturated carbocycles. The summed E-state index contributed by atoms with van der Waals surface area (Å²) in [5, 5.41) is 2.64. The van der Waals surface area contributed by atoms with Crippen molar-refractivity contribution in [1.29, 1.82) is 0 Å². The number of nitrogens with zero attached hydrogens (tertiary/aromatic N) is 1. The number of hydrogen-bond donors (Lipinski definition) is 1. The average molecular weight is 489 g/mol. The molecule has 0 unspecified atom stereocenters. The van der Waals surface area contributed by atoms with E-state index in [1.54, 1.807) is 24.3 Å². The lowest BCUT2D eigenvalue weighted by Crippen LogP contribution is -2.41. The molecule has 0 aliphatic rings. The SMILES string of the molecule is COc1ccc(S(=O)(=O)N(CC(=O)NCCOc2ccccc2OC)c2ccc(F)cc2)cc1. The van der Waals surface area contributed by atoms with Gasteiger partial charge in [0.05, 0.1) is 31.3 Å². The zero-order chi connectivity index (χ0) is 24.6. The Kier molecular flexibility index (Phi) is 8.31. The minimum absolute atomic E-state index is 0.0371. The number of methoxy groups -OCH3 is 2. The lowest BCUT2D eigenvalue weighted by molar-refractivity contribution is -0.119. The summed E-state index contributed by atoms with van der Waals surface area (Å²) in [7, 11) is -1.13. The van der Waals surface area contributed by atoms with E-state index in [-0.39, 0.29) is 23.7 Å². The van der Waals surface area contributed by atoms with Gasteiger partial charge in [-0.3, -0.25) is 9.10 Å². The molecule has 34 heavy (non-hydrogen) atoms. The molecule has 8 nitrogen and oxygen atoms in total. The number of sulfonamides is 1. The van der Waals surface area contributed by atoms with Crippen LogP contribution in [0.25, 0.3) is 0 Å². The van der Waals surface area contributed by atoms with E-state index in [2.05, 4.69) is 5.32 Å². The minimum Gasteiger partial charge on any atom is -0.497 e. The quantitative estimate of drug-likeness (QED) is 0.417. The molecule has 1 N–H and O–H groups in total. The molecular weight excluding hydrogens is 463 g/mol. The number of carbonyl (C=O) groups is 1. The molecule has 0 aromatic heterocycles. The molecule has 1 amide bonds. The Morgan fingerprint density at radius 1 is 0.912 bits per heavy atom. The van der Waals surface area contributed by atoms with Crippen molar-refractivity contribution in [2.75, 3.05) is 38.2 Å². The van der Waals surface area contributed by atoms with Gasteiger partial charge in [-0.1, -0.05) is 12.1 Å². The van der Waals surface area contributed by atoms with E-state index in [0.29, 0.717) is 17.2 Å². The van der Waals surface area contributed by atoms with Crippen molar-refractivity contribution in [1.82, 2.24) is 5.32 Å². The molecule has 3 rings (SSSR count). The number of carbonyl (C=O) groups excluding carboxylic acids is 1. The fraction of sp³-hybridized carbons (Fsp3) is 0.208. The monoisotopic (exact) mass is 488 g/mol. The van der Waals surface area contributed by atoms with Crippen LogP contribution in [0.15, 0.2) is 77.7 Å². The van der Waals surface area contributed by atoms with E-state index < -0.39 is 28.3 Å². The van der Waals surface area contributed by atoms with Crippen LogP contribution in [0.1, 0.15) is 0 Å². The molecule has 10 heteroatoms. The van der Waals surface area contributed by atoms with Gasteiger partial charge in [0.25, 0.3) is 10.0 Å². The van der Waals surface area contributed by atoms with E-state index in [4.69, 9.17) is 14.2 Å². The maximum Gasteiger partial charge on any atom is 0.264 e. The van der Waals surface area contributed by atoms with Crippen LogP contribution in [0.2, 0.25) is 0 Å². The average Bonchev–Trinajstić information content (AvgIpc) is 2.86. The number of rotatable bonds is 11. The number of benzene rings is 3. The molecule has 180 valence electrons. The lowest BCUT2D eigenvalue weighted by atomic mass is 10.3. The highest BCUT2D eigenvalue weighted by molar-refractivity contribution is 7.92. The van der Waals surface area contributed by atoms with Gasteiger partial charge in [-0.2, -0.15) is 0 Å². The maximum absolute atomic E-state index is 13.4. The maximum atomic E-state index is 13.4. The van der Waals surface area contributed by atoms with Crippen LogP contribution in [-0.2, 0) is 14.8 Å². The van der Waals surface area contributed by atoms with Crippen molar-refractivity contribution in [2.24, 2.45) is 0 Å². The molecule has 0 spiro atoms. The third-order valence-electron chi connectivity index (χ3n) is 4.80. The molecule has 0 bridgehead atoms. The van der Waals surface area contributed by atoms with E-state index in [0.717, 1.165) is 16.4 Å². The second-order valence-electron chi connectivity index (χ2n) is 7.01. The van der Waals surface area contributed by atoms with Crippen molar-refractivity contribution in [2.45, 2.75) is 4.90 Å².